The Balaban J connectivity index is 1.86. The molecule has 1 fully saturated rings. The van der Waals surface area contributed by atoms with Crippen LogP contribution in [0.5, 0.6) is 0 Å². The highest BCUT2D eigenvalue weighted by Gasteiger charge is 2.28. The maximum absolute atomic E-state index is 12.1. The first-order chi connectivity index (χ1) is 10.1. The normalized spacial score (nSPS) is 21.0. The average Bonchev–Trinajstić information content (AvgIpc) is 2.94. The molecule has 2 N–H and O–H groups in total. The molecule has 1 aliphatic carbocycles. The monoisotopic (exact) mass is 290 g/mol. The van der Waals surface area contributed by atoms with Crippen molar-refractivity contribution in [2.45, 2.75) is 25.3 Å². The summed E-state index contributed by atoms with van der Waals surface area (Å²) in [5.74, 6) is -0.202. The summed E-state index contributed by atoms with van der Waals surface area (Å²) in [6, 6.07) is 8.93. The number of aliphatic hydroxyl groups is 1. The van der Waals surface area contributed by atoms with Gasteiger partial charge in [0.2, 0.25) is 5.91 Å². The van der Waals surface area contributed by atoms with Crippen molar-refractivity contribution in [3.8, 4) is 0 Å². The van der Waals surface area contributed by atoms with Crippen LogP contribution in [0.2, 0.25) is 0 Å². The number of hydrogen-bond acceptors (Lipinski definition) is 3. The van der Waals surface area contributed by atoms with Crippen LogP contribution < -0.4 is 5.32 Å². The molecule has 2 amide bonds. The van der Waals surface area contributed by atoms with Crippen molar-refractivity contribution >= 4 is 11.8 Å². The quantitative estimate of drug-likeness (QED) is 0.851. The molecule has 2 unspecified atom stereocenters. The average molecular weight is 290 g/mol. The highest BCUT2D eigenvalue weighted by atomic mass is 16.3. The molecule has 114 valence electrons. The SMILES string of the molecule is CN(CC(=O)NC1CCCC1CO)C(=O)c1ccccc1. The molecule has 1 aromatic rings. The Morgan fingerprint density at radius 1 is 1.29 bits per heavy atom. The van der Waals surface area contributed by atoms with E-state index in [2.05, 4.69) is 5.32 Å². The van der Waals surface area contributed by atoms with Gasteiger partial charge in [-0.3, -0.25) is 9.59 Å². The van der Waals surface area contributed by atoms with Crippen LogP contribution in [0, 0.1) is 5.92 Å². The summed E-state index contributed by atoms with van der Waals surface area (Å²) in [4.78, 5) is 25.6. The number of carbonyl (C=O) groups excluding carboxylic acids is 2. The number of rotatable bonds is 5. The lowest BCUT2D eigenvalue weighted by atomic mass is 10.1. The number of benzene rings is 1. The topological polar surface area (TPSA) is 69.6 Å². The van der Waals surface area contributed by atoms with E-state index in [9.17, 15) is 14.7 Å². The first-order valence-electron chi connectivity index (χ1n) is 7.32. The van der Waals surface area contributed by atoms with Gasteiger partial charge in [-0.1, -0.05) is 24.6 Å². The Morgan fingerprint density at radius 3 is 2.67 bits per heavy atom. The number of amides is 2. The second-order valence-corrected chi connectivity index (χ2v) is 5.57. The van der Waals surface area contributed by atoms with Crippen LogP contribution in [0.1, 0.15) is 29.6 Å². The molecule has 0 aromatic heterocycles. The summed E-state index contributed by atoms with van der Waals surface area (Å²) >= 11 is 0. The minimum atomic E-state index is -0.174. The second-order valence-electron chi connectivity index (χ2n) is 5.57. The van der Waals surface area contributed by atoms with E-state index in [-0.39, 0.29) is 36.9 Å². The van der Waals surface area contributed by atoms with Crippen molar-refractivity contribution in [1.29, 1.82) is 0 Å². The van der Waals surface area contributed by atoms with Crippen LogP contribution in [0.3, 0.4) is 0 Å². The minimum Gasteiger partial charge on any atom is -0.396 e. The lowest BCUT2D eigenvalue weighted by molar-refractivity contribution is -0.122. The maximum Gasteiger partial charge on any atom is 0.254 e. The summed E-state index contributed by atoms with van der Waals surface area (Å²) in [5, 5.41) is 12.2. The van der Waals surface area contributed by atoms with E-state index in [1.807, 2.05) is 6.07 Å². The molecular weight excluding hydrogens is 268 g/mol. The number of hydrogen-bond donors (Lipinski definition) is 2. The number of likely N-dealkylation sites (N-methyl/N-ethyl adjacent to an activating group) is 1. The maximum atomic E-state index is 12.1. The van der Waals surface area contributed by atoms with Gasteiger partial charge < -0.3 is 15.3 Å². The number of aliphatic hydroxyl groups excluding tert-OH is 1. The third-order valence-electron chi connectivity index (χ3n) is 3.99. The van der Waals surface area contributed by atoms with E-state index in [1.165, 1.54) is 4.90 Å². The minimum absolute atomic E-state index is 0.0301. The summed E-state index contributed by atoms with van der Waals surface area (Å²) in [6.07, 6.45) is 2.86. The van der Waals surface area contributed by atoms with Crippen LogP contribution >= 0.6 is 0 Å². The second kappa shape index (κ2) is 7.22. The van der Waals surface area contributed by atoms with Crippen molar-refractivity contribution < 1.29 is 14.7 Å². The molecule has 2 atom stereocenters. The lowest BCUT2D eigenvalue weighted by Gasteiger charge is -2.22. The Bertz CT molecular complexity index is 490. The zero-order valence-corrected chi connectivity index (χ0v) is 12.3. The molecule has 1 aromatic carbocycles. The predicted octanol–water partition coefficient (Wildman–Crippen LogP) is 1.04. The highest BCUT2D eigenvalue weighted by molar-refractivity contribution is 5.96. The molecule has 1 saturated carbocycles. The van der Waals surface area contributed by atoms with Crippen molar-refractivity contribution in [2.75, 3.05) is 20.2 Å². The summed E-state index contributed by atoms with van der Waals surface area (Å²) in [5.41, 5.74) is 0.571. The van der Waals surface area contributed by atoms with E-state index in [4.69, 9.17) is 0 Å². The Morgan fingerprint density at radius 2 is 2.00 bits per heavy atom. The predicted molar refractivity (Wildman–Crippen MR) is 79.8 cm³/mol. The van der Waals surface area contributed by atoms with Crippen LogP contribution in [0.25, 0.3) is 0 Å². The summed E-state index contributed by atoms with van der Waals surface area (Å²) in [7, 11) is 1.62. The smallest absolute Gasteiger partial charge is 0.254 e. The van der Waals surface area contributed by atoms with Crippen molar-refractivity contribution in [1.82, 2.24) is 10.2 Å². The van der Waals surface area contributed by atoms with Gasteiger partial charge in [-0.15, -0.1) is 0 Å². The van der Waals surface area contributed by atoms with E-state index < -0.39 is 0 Å². The molecule has 1 aliphatic rings. The van der Waals surface area contributed by atoms with Gasteiger partial charge in [-0.05, 0) is 25.0 Å². The van der Waals surface area contributed by atoms with Gasteiger partial charge in [0.05, 0.1) is 6.54 Å². The van der Waals surface area contributed by atoms with Gasteiger partial charge in [0.1, 0.15) is 0 Å². The molecule has 0 bridgehead atoms. The van der Waals surface area contributed by atoms with Gasteiger partial charge in [-0.2, -0.15) is 0 Å². The molecule has 0 radical (unpaired) electrons. The van der Waals surface area contributed by atoms with Crippen molar-refractivity contribution in [3.63, 3.8) is 0 Å². The zero-order valence-electron chi connectivity index (χ0n) is 12.3. The fourth-order valence-electron chi connectivity index (χ4n) is 2.79. The van der Waals surface area contributed by atoms with E-state index >= 15 is 0 Å². The first-order valence-corrected chi connectivity index (χ1v) is 7.32. The highest BCUT2D eigenvalue weighted by Crippen LogP contribution is 2.24. The van der Waals surface area contributed by atoms with Gasteiger partial charge >= 0.3 is 0 Å². The fourth-order valence-corrected chi connectivity index (χ4v) is 2.79. The van der Waals surface area contributed by atoms with Crippen LogP contribution in [-0.2, 0) is 4.79 Å². The third kappa shape index (κ3) is 4.04. The Kier molecular flexibility index (Phi) is 5.33. The van der Waals surface area contributed by atoms with Gasteiger partial charge in [0.15, 0.2) is 0 Å². The summed E-state index contributed by atoms with van der Waals surface area (Å²) < 4.78 is 0. The number of nitrogens with one attached hydrogen (secondary N) is 1. The molecule has 2 rings (SSSR count). The molecule has 0 heterocycles. The Labute approximate surface area is 125 Å². The van der Waals surface area contributed by atoms with Gasteiger partial charge in [0.25, 0.3) is 5.91 Å². The first kappa shape index (κ1) is 15.5. The van der Waals surface area contributed by atoms with Crippen LogP contribution in [-0.4, -0.2) is 48.1 Å². The van der Waals surface area contributed by atoms with Crippen molar-refractivity contribution in [2.24, 2.45) is 5.92 Å². The van der Waals surface area contributed by atoms with E-state index in [1.54, 1.807) is 31.3 Å². The Hall–Kier alpha value is -1.88. The number of nitrogens with zero attached hydrogens (tertiary/aromatic N) is 1. The molecule has 0 aliphatic heterocycles. The van der Waals surface area contributed by atoms with Gasteiger partial charge in [-0.25, -0.2) is 0 Å². The molecule has 0 spiro atoms. The standard InChI is InChI=1S/C16H22N2O3/c1-18(16(21)12-6-3-2-4-7-12)10-15(20)17-14-9-5-8-13(14)11-19/h2-4,6-7,13-14,19H,5,8-11H2,1H3,(H,17,20). The largest absolute Gasteiger partial charge is 0.396 e. The van der Waals surface area contributed by atoms with Crippen LogP contribution in [0.4, 0.5) is 0 Å². The van der Waals surface area contributed by atoms with E-state index in [0.29, 0.717) is 5.56 Å². The zero-order chi connectivity index (χ0) is 15.2. The molecule has 5 nitrogen and oxygen atoms in total. The molecular formula is C16H22N2O3. The molecule has 0 saturated heterocycles. The molecule has 21 heavy (non-hydrogen) atoms. The molecule has 5 heteroatoms. The van der Waals surface area contributed by atoms with Crippen molar-refractivity contribution in [3.05, 3.63) is 35.9 Å². The number of carbonyl (C=O) groups is 2. The fraction of sp³-hybridized carbons (Fsp3) is 0.500. The van der Waals surface area contributed by atoms with E-state index in [0.717, 1.165) is 19.3 Å². The lowest BCUT2D eigenvalue weighted by Crippen LogP contribution is -2.44. The summed E-state index contributed by atoms with van der Waals surface area (Å²) in [6.45, 7) is 0.131. The third-order valence-corrected chi connectivity index (χ3v) is 3.99. The van der Waals surface area contributed by atoms with Crippen LogP contribution in [0.15, 0.2) is 30.3 Å². The van der Waals surface area contributed by atoms with Gasteiger partial charge in [0, 0.05) is 31.2 Å².